The number of carbonyl (C=O) groups is 1. The van der Waals surface area contributed by atoms with Crippen molar-refractivity contribution in [2.24, 2.45) is 0 Å². The fourth-order valence-electron chi connectivity index (χ4n) is 2.95. The second-order valence-corrected chi connectivity index (χ2v) is 5.49. The van der Waals surface area contributed by atoms with Crippen LogP contribution in [0.25, 0.3) is 0 Å². The number of benzene rings is 1. The van der Waals surface area contributed by atoms with Crippen LogP contribution in [0.1, 0.15) is 41.6 Å². The van der Waals surface area contributed by atoms with Gasteiger partial charge in [0.05, 0.1) is 18.8 Å². The molecule has 108 valence electrons. The van der Waals surface area contributed by atoms with Gasteiger partial charge in [-0.1, -0.05) is 12.5 Å². The second kappa shape index (κ2) is 6.27. The van der Waals surface area contributed by atoms with Crippen molar-refractivity contribution in [3.8, 4) is 11.5 Å². The van der Waals surface area contributed by atoms with Crippen LogP contribution in [0.3, 0.4) is 0 Å². The number of carbonyl (C=O) groups excluding carboxylic acids is 1. The first-order chi connectivity index (χ1) is 9.88. The third-order valence-corrected chi connectivity index (χ3v) is 4.01. The third kappa shape index (κ3) is 2.80. The number of hydrogen-bond donors (Lipinski definition) is 1. The summed E-state index contributed by atoms with van der Waals surface area (Å²) in [7, 11) is 0. The molecule has 1 aromatic carbocycles. The van der Waals surface area contributed by atoms with Gasteiger partial charge in [-0.3, -0.25) is 4.79 Å². The van der Waals surface area contributed by atoms with E-state index in [0.29, 0.717) is 30.6 Å². The molecule has 1 unspecified atom stereocenters. The summed E-state index contributed by atoms with van der Waals surface area (Å²) in [5.74, 6) is 1.41. The van der Waals surface area contributed by atoms with Crippen molar-refractivity contribution < 1.29 is 14.3 Å². The van der Waals surface area contributed by atoms with E-state index in [1.54, 1.807) is 0 Å². The van der Waals surface area contributed by atoms with Crippen molar-refractivity contribution in [2.45, 2.75) is 38.1 Å². The molecule has 4 nitrogen and oxygen atoms in total. The molecule has 3 rings (SSSR count). The number of ether oxygens (including phenoxy) is 2. The molecule has 0 radical (unpaired) electrons. The van der Waals surface area contributed by atoms with Crippen molar-refractivity contribution in [2.75, 3.05) is 19.8 Å². The monoisotopic (exact) mass is 275 g/mol. The van der Waals surface area contributed by atoms with E-state index in [-0.39, 0.29) is 0 Å². The van der Waals surface area contributed by atoms with E-state index in [4.69, 9.17) is 9.47 Å². The summed E-state index contributed by atoms with van der Waals surface area (Å²) in [6.45, 7) is 2.36. The smallest absolute Gasteiger partial charge is 0.171 e. The molecular formula is C16H21NO3. The van der Waals surface area contributed by atoms with Crippen LogP contribution in [-0.4, -0.2) is 32.1 Å². The maximum absolute atomic E-state index is 11.1. The van der Waals surface area contributed by atoms with E-state index in [0.717, 1.165) is 37.0 Å². The van der Waals surface area contributed by atoms with Gasteiger partial charge in [0.15, 0.2) is 17.8 Å². The quantitative estimate of drug-likeness (QED) is 0.860. The largest absolute Gasteiger partial charge is 0.489 e. The highest BCUT2D eigenvalue weighted by Crippen LogP contribution is 2.37. The van der Waals surface area contributed by atoms with E-state index in [1.165, 1.54) is 19.3 Å². The van der Waals surface area contributed by atoms with Gasteiger partial charge < -0.3 is 14.8 Å². The van der Waals surface area contributed by atoms with Crippen LogP contribution in [0.15, 0.2) is 12.1 Å². The molecule has 2 heterocycles. The van der Waals surface area contributed by atoms with Crippen molar-refractivity contribution in [3.63, 3.8) is 0 Å². The van der Waals surface area contributed by atoms with Gasteiger partial charge in [0, 0.05) is 12.5 Å². The summed E-state index contributed by atoms with van der Waals surface area (Å²) in [6, 6.07) is 4.36. The Kier molecular flexibility index (Phi) is 4.21. The molecule has 2 aliphatic rings. The normalized spacial score (nSPS) is 22.1. The second-order valence-electron chi connectivity index (χ2n) is 5.49. The van der Waals surface area contributed by atoms with Gasteiger partial charge in [-0.2, -0.15) is 0 Å². The Labute approximate surface area is 119 Å². The molecule has 4 heteroatoms. The minimum absolute atomic E-state index is 0.502. The lowest BCUT2D eigenvalue weighted by Crippen LogP contribution is -2.35. The van der Waals surface area contributed by atoms with Gasteiger partial charge in [-0.25, -0.2) is 0 Å². The third-order valence-electron chi connectivity index (χ3n) is 4.01. The van der Waals surface area contributed by atoms with Crippen LogP contribution < -0.4 is 14.8 Å². The first-order valence-electron chi connectivity index (χ1n) is 7.48. The van der Waals surface area contributed by atoms with Crippen LogP contribution in [0, 0.1) is 0 Å². The maximum atomic E-state index is 11.1. The van der Waals surface area contributed by atoms with Crippen LogP contribution in [-0.2, 0) is 6.42 Å². The summed E-state index contributed by atoms with van der Waals surface area (Å²) in [6.07, 6.45) is 6.38. The van der Waals surface area contributed by atoms with Crippen molar-refractivity contribution in [1.82, 2.24) is 5.32 Å². The van der Waals surface area contributed by atoms with E-state index >= 15 is 0 Å². The van der Waals surface area contributed by atoms with Crippen LogP contribution in [0.4, 0.5) is 0 Å². The van der Waals surface area contributed by atoms with Gasteiger partial charge in [-0.15, -0.1) is 0 Å². The predicted molar refractivity (Wildman–Crippen MR) is 76.8 cm³/mol. The van der Waals surface area contributed by atoms with E-state index < -0.39 is 0 Å². The Morgan fingerprint density at radius 2 is 2.00 bits per heavy atom. The average molecular weight is 275 g/mol. The Bertz CT molecular complexity index is 481. The molecule has 1 saturated heterocycles. The predicted octanol–water partition coefficient (Wildman–Crippen LogP) is 2.35. The minimum Gasteiger partial charge on any atom is -0.489 e. The lowest BCUT2D eigenvalue weighted by Gasteiger charge is -2.24. The van der Waals surface area contributed by atoms with Crippen molar-refractivity contribution in [3.05, 3.63) is 23.3 Å². The van der Waals surface area contributed by atoms with Crippen LogP contribution in [0.2, 0.25) is 0 Å². The molecule has 0 aliphatic carbocycles. The van der Waals surface area contributed by atoms with Gasteiger partial charge in [0.1, 0.15) is 0 Å². The number of rotatable bonds is 3. The molecular weight excluding hydrogens is 254 g/mol. The fraction of sp³-hybridized carbons (Fsp3) is 0.562. The average Bonchev–Trinajstić information content (AvgIpc) is 2.75. The Hall–Kier alpha value is -1.55. The lowest BCUT2D eigenvalue weighted by atomic mass is 9.96. The molecule has 0 bridgehead atoms. The Balaban J connectivity index is 1.88. The van der Waals surface area contributed by atoms with Crippen LogP contribution in [0.5, 0.6) is 11.5 Å². The Morgan fingerprint density at radius 1 is 1.15 bits per heavy atom. The number of piperidine rings is 1. The molecule has 0 aromatic heterocycles. The summed E-state index contributed by atoms with van der Waals surface area (Å²) in [5, 5.41) is 3.55. The topological polar surface area (TPSA) is 47.6 Å². The molecule has 0 amide bonds. The van der Waals surface area contributed by atoms with Gasteiger partial charge in [0.25, 0.3) is 0 Å². The van der Waals surface area contributed by atoms with Crippen molar-refractivity contribution in [1.29, 1.82) is 0 Å². The van der Waals surface area contributed by atoms with E-state index in [2.05, 4.69) is 5.32 Å². The molecule has 2 aliphatic heterocycles. The molecule has 1 N–H and O–H groups in total. The highest BCUT2D eigenvalue weighted by molar-refractivity contribution is 5.82. The van der Waals surface area contributed by atoms with Gasteiger partial charge in [0.2, 0.25) is 0 Å². The zero-order valence-corrected chi connectivity index (χ0v) is 11.7. The fourth-order valence-corrected chi connectivity index (χ4v) is 2.95. The highest BCUT2D eigenvalue weighted by atomic mass is 16.5. The molecule has 1 aromatic rings. The lowest BCUT2D eigenvalue weighted by molar-refractivity contribution is 0.111. The van der Waals surface area contributed by atoms with Gasteiger partial charge >= 0.3 is 0 Å². The van der Waals surface area contributed by atoms with Crippen LogP contribution >= 0.6 is 0 Å². The van der Waals surface area contributed by atoms with Gasteiger partial charge in [-0.05, 0) is 37.4 Å². The molecule has 1 fully saturated rings. The molecule has 20 heavy (non-hydrogen) atoms. The van der Waals surface area contributed by atoms with E-state index in [9.17, 15) is 4.79 Å². The zero-order chi connectivity index (χ0) is 13.8. The van der Waals surface area contributed by atoms with E-state index in [1.807, 2.05) is 12.1 Å². The standard InChI is InChI=1S/C16H21NO3/c18-11-13-6-5-12(10-14-4-1-2-7-17-14)15-16(13)20-9-3-8-19-15/h5-6,11,14,17H,1-4,7-10H2. The van der Waals surface area contributed by atoms with Crippen molar-refractivity contribution >= 4 is 6.29 Å². The summed E-state index contributed by atoms with van der Waals surface area (Å²) in [5.41, 5.74) is 1.73. The maximum Gasteiger partial charge on any atom is 0.171 e. The summed E-state index contributed by atoms with van der Waals surface area (Å²) < 4.78 is 11.6. The summed E-state index contributed by atoms with van der Waals surface area (Å²) in [4.78, 5) is 11.1. The Morgan fingerprint density at radius 3 is 2.75 bits per heavy atom. The number of fused-ring (bicyclic) bond motifs is 1. The zero-order valence-electron chi connectivity index (χ0n) is 11.7. The first-order valence-corrected chi connectivity index (χ1v) is 7.48. The number of nitrogens with one attached hydrogen (secondary N) is 1. The number of aldehydes is 1. The first kappa shape index (κ1) is 13.4. The number of hydrogen-bond acceptors (Lipinski definition) is 4. The summed E-state index contributed by atoms with van der Waals surface area (Å²) >= 11 is 0. The molecule has 0 spiro atoms. The SMILES string of the molecule is O=Cc1ccc(CC2CCCCN2)c2c1OCCCO2. The minimum atomic E-state index is 0.502. The molecule has 0 saturated carbocycles. The molecule has 1 atom stereocenters. The highest BCUT2D eigenvalue weighted by Gasteiger charge is 2.21.